The topological polar surface area (TPSA) is 93.7 Å². The average molecular weight is 499 g/mol. The van der Waals surface area contributed by atoms with Gasteiger partial charge in [-0.2, -0.15) is 0 Å². The Morgan fingerprint density at radius 2 is 1.53 bits per heavy atom. The molecule has 168 valence electrons. The molecule has 0 aliphatic rings. The Balaban J connectivity index is 1.88. The van der Waals surface area contributed by atoms with Crippen molar-refractivity contribution in [1.82, 2.24) is 0 Å². The quantitative estimate of drug-likeness (QED) is 0.466. The van der Waals surface area contributed by atoms with Crippen molar-refractivity contribution in [2.24, 2.45) is 0 Å². The summed E-state index contributed by atoms with van der Waals surface area (Å²) in [4.78, 5) is 12.6. The summed E-state index contributed by atoms with van der Waals surface area (Å²) in [5.74, 6) is -0.463. The highest BCUT2D eigenvalue weighted by Crippen LogP contribution is 2.36. The summed E-state index contributed by atoms with van der Waals surface area (Å²) in [6.07, 6.45) is 0. The van der Waals surface area contributed by atoms with Gasteiger partial charge in [-0.15, -0.1) is 0 Å². The van der Waals surface area contributed by atoms with Gasteiger partial charge in [0.25, 0.3) is 15.9 Å². The van der Waals surface area contributed by atoms with Crippen LogP contribution in [-0.4, -0.2) is 28.5 Å². The third-order valence-electron chi connectivity index (χ3n) is 4.32. The fraction of sp³-hybridized carbons (Fsp3) is 0.0952. The SMILES string of the molecule is COc1cc(OC)c(NC(=O)c2ccc(Cl)c(NS(=O)(=O)c3ccc(F)cc3)c2)cc1Cl. The molecule has 0 saturated heterocycles. The number of hydrogen-bond acceptors (Lipinski definition) is 5. The Bertz CT molecular complexity index is 1270. The van der Waals surface area contributed by atoms with Crippen molar-refractivity contribution in [3.05, 3.63) is 76.0 Å². The molecule has 11 heteroatoms. The monoisotopic (exact) mass is 498 g/mol. The number of amides is 1. The van der Waals surface area contributed by atoms with E-state index in [0.717, 1.165) is 24.3 Å². The van der Waals surface area contributed by atoms with Crippen molar-refractivity contribution < 1.29 is 27.1 Å². The van der Waals surface area contributed by atoms with Gasteiger partial charge in [0.05, 0.1) is 40.5 Å². The van der Waals surface area contributed by atoms with Crippen LogP contribution in [0.1, 0.15) is 10.4 Å². The van der Waals surface area contributed by atoms with Crippen molar-refractivity contribution in [3.8, 4) is 11.5 Å². The van der Waals surface area contributed by atoms with Crippen molar-refractivity contribution in [2.75, 3.05) is 24.3 Å². The number of anilines is 2. The minimum Gasteiger partial charge on any atom is -0.495 e. The molecule has 3 rings (SSSR count). The molecule has 7 nitrogen and oxygen atoms in total. The van der Waals surface area contributed by atoms with Crippen LogP contribution in [0.3, 0.4) is 0 Å². The Labute approximate surface area is 194 Å². The van der Waals surface area contributed by atoms with E-state index in [1.807, 2.05) is 0 Å². The molecule has 0 spiro atoms. The number of rotatable bonds is 7. The summed E-state index contributed by atoms with van der Waals surface area (Å²) in [5.41, 5.74) is 0.371. The smallest absolute Gasteiger partial charge is 0.261 e. The summed E-state index contributed by atoms with van der Waals surface area (Å²) in [6.45, 7) is 0. The van der Waals surface area contributed by atoms with Crippen LogP contribution in [0.2, 0.25) is 10.0 Å². The maximum atomic E-state index is 13.1. The lowest BCUT2D eigenvalue weighted by Crippen LogP contribution is -2.16. The molecule has 3 aromatic rings. The van der Waals surface area contributed by atoms with Crippen molar-refractivity contribution in [3.63, 3.8) is 0 Å². The maximum absolute atomic E-state index is 13.1. The summed E-state index contributed by atoms with van der Waals surface area (Å²) in [6, 6.07) is 11.3. The number of hydrogen-bond donors (Lipinski definition) is 2. The number of carbonyl (C=O) groups is 1. The molecule has 0 saturated carbocycles. The van der Waals surface area contributed by atoms with Crippen molar-refractivity contribution >= 4 is 50.5 Å². The molecule has 3 aromatic carbocycles. The lowest BCUT2D eigenvalue weighted by Gasteiger charge is -2.14. The van der Waals surface area contributed by atoms with Crippen molar-refractivity contribution in [2.45, 2.75) is 4.90 Å². The molecule has 0 heterocycles. The second-order valence-corrected chi connectivity index (χ2v) is 8.89. The Kier molecular flexibility index (Phi) is 7.12. The molecule has 0 atom stereocenters. The van der Waals surface area contributed by atoms with Crippen LogP contribution in [0.25, 0.3) is 0 Å². The zero-order valence-corrected chi connectivity index (χ0v) is 19.1. The first kappa shape index (κ1) is 23.6. The summed E-state index contributed by atoms with van der Waals surface area (Å²) in [5, 5.41) is 2.98. The zero-order valence-electron chi connectivity index (χ0n) is 16.8. The number of benzene rings is 3. The summed E-state index contributed by atoms with van der Waals surface area (Å²) in [7, 11) is -1.20. The first-order chi connectivity index (χ1) is 15.1. The zero-order chi connectivity index (χ0) is 23.5. The number of methoxy groups -OCH3 is 2. The highest BCUT2D eigenvalue weighted by molar-refractivity contribution is 7.92. The fourth-order valence-corrected chi connectivity index (χ4v) is 4.25. The number of carbonyl (C=O) groups excluding carboxylic acids is 1. The van der Waals surface area contributed by atoms with Gasteiger partial charge in [-0.3, -0.25) is 9.52 Å². The summed E-state index contributed by atoms with van der Waals surface area (Å²) >= 11 is 12.2. The van der Waals surface area contributed by atoms with Crippen LogP contribution < -0.4 is 19.5 Å². The first-order valence-electron chi connectivity index (χ1n) is 8.95. The maximum Gasteiger partial charge on any atom is 0.261 e. The number of nitrogens with one attached hydrogen (secondary N) is 2. The third-order valence-corrected chi connectivity index (χ3v) is 6.33. The van der Waals surface area contributed by atoms with E-state index in [2.05, 4.69) is 10.0 Å². The predicted octanol–water partition coefficient (Wildman–Crippen LogP) is 5.20. The van der Waals surface area contributed by atoms with Gasteiger partial charge in [0, 0.05) is 11.6 Å². The van der Waals surface area contributed by atoms with E-state index in [1.54, 1.807) is 0 Å². The minimum atomic E-state index is -4.06. The standard InChI is InChI=1S/C21H17Cl2FN2O5S/c1-30-19-11-20(31-2)18(10-16(19)23)25-21(27)12-3-8-15(22)17(9-12)26-32(28,29)14-6-4-13(24)5-7-14/h3-11,26H,1-2H3,(H,25,27). The van der Waals surface area contributed by atoms with Gasteiger partial charge in [0.15, 0.2) is 0 Å². The number of halogens is 3. The van der Waals surface area contributed by atoms with Gasteiger partial charge in [0.1, 0.15) is 17.3 Å². The third kappa shape index (κ3) is 5.24. The molecule has 0 aliphatic heterocycles. The van der Waals surface area contributed by atoms with E-state index in [1.165, 1.54) is 44.6 Å². The van der Waals surface area contributed by atoms with E-state index >= 15 is 0 Å². The van der Waals surface area contributed by atoms with Crippen LogP contribution in [0, 0.1) is 5.82 Å². The molecule has 0 bridgehead atoms. The highest BCUT2D eigenvalue weighted by atomic mass is 35.5. The van der Waals surface area contributed by atoms with Crippen LogP contribution >= 0.6 is 23.2 Å². The average Bonchev–Trinajstić information content (AvgIpc) is 2.75. The van der Waals surface area contributed by atoms with E-state index < -0.39 is 21.7 Å². The van der Waals surface area contributed by atoms with Gasteiger partial charge in [-0.1, -0.05) is 23.2 Å². The predicted molar refractivity (Wildman–Crippen MR) is 121 cm³/mol. The highest BCUT2D eigenvalue weighted by Gasteiger charge is 2.19. The molecule has 0 fully saturated rings. The van der Waals surface area contributed by atoms with E-state index in [9.17, 15) is 17.6 Å². The lowest BCUT2D eigenvalue weighted by molar-refractivity contribution is 0.102. The second-order valence-electron chi connectivity index (χ2n) is 6.40. The summed E-state index contributed by atoms with van der Waals surface area (Å²) < 4.78 is 51.0. The van der Waals surface area contributed by atoms with E-state index in [-0.39, 0.29) is 31.9 Å². The van der Waals surface area contributed by atoms with Gasteiger partial charge in [0.2, 0.25) is 0 Å². The molecular formula is C21H17Cl2FN2O5S. The van der Waals surface area contributed by atoms with Crippen molar-refractivity contribution in [1.29, 1.82) is 0 Å². The van der Waals surface area contributed by atoms with Crippen LogP contribution in [-0.2, 0) is 10.0 Å². The molecule has 0 radical (unpaired) electrons. The fourth-order valence-electron chi connectivity index (χ4n) is 2.71. The molecule has 0 aliphatic carbocycles. The molecule has 0 aromatic heterocycles. The van der Waals surface area contributed by atoms with Gasteiger partial charge < -0.3 is 14.8 Å². The Morgan fingerprint density at radius 1 is 0.875 bits per heavy atom. The van der Waals surface area contributed by atoms with Crippen LogP contribution in [0.4, 0.5) is 15.8 Å². The Morgan fingerprint density at radius 3 is 2.16 bits per heavy atom. The largest absolute Gasteiger partial charge is 0.495 e. The molecule has 1 amide bonds. The van der Waals surface area contributed by atoms with E-state index in [0.29, 0.717) is 11.5 Å². The lowest BCUT2D eigenvalue weighted by atomic mass is 10.2. The van der Waals surface area contributed by atoms with Crippen LogP contribution in [0.5, 0.6) is 11.5 Å². The molecule has 0 unspecified atom stereocenters. The molecule has 32 heavy (non-hydrogen) atoms. The first-order valence-corrected chi connectivity index (χ1v) is 11.2. The number of sulfonamides is 1. The number of ether oxygens (including phenoxy) is 2. The normalized spacial score (nSPS) is 11.0. The van der Waals surface area contributed by atoms with Gasteiger partial charge in [-0.25, -0.2) is 12.8 Å². The van der Waals surface area contributed by atoms with Gasteiger partial charge in [-0.05, 0) is 48.5 Å². The van der Waals surface area contributed by atoms with Gasteiger partial charge >= 0.3 is 0 Å². The Hall–Kier alpha value is -3.01. The molecular weight excluding hydrogens is 482 g/mol. The minimum absolute atomic E-state index is 0.0247. The second kappa shape index (κ2) is 9.64. The van der Waals surface area contributed by atoms with Crippen LogP contribution in [0.15, 0.2) is 59.5 Å². The van der Waals surface area contributed by atoms with E-state index in [4.69, 9.17) is 32.7 Å². The molecule has 2 N–H and O–H groups in total.